The Bertz CT molecular complexity index is 1300. The van der Waals surface area contributed by atoms with E-state index in [0.717, 1.165) is 66.0 Å². The van der Waals surface area contributed by atoms with Gasteiger partial charge in [-0.15, -0.1) is 5.54 Å². The third-order valence-electron chi connectivity index (χ3n) is 8.40. The summed E-state index contributed by atoms with van der Waals surface area (Å²) in [5, 5.41) is 13.9. The van der Waals surface area contributed by atoms with Gasteiger partial charge in [-0.05, 0) is 67.6 Å². The maximum atomic E-state index is 6.30. The molecule has 1 N–H and O–H groups in total. The number of nitrogens with zero attached hydrogens (tertiary/aromatic N) is 4. The first-order valence-corrected chi connectivity index (χ1v) is 16.8. The van der Waals surface area contributed by atoms with E-state index in [1.54, 1.807) is 4.68 Å². The van der Waals surface area contributed by atoms with Crippen molar-refractivity contribution >= 4 is 19.0 Å². The highest BCUT2D eigenvalue weighted by Crippen LogP contribution is 2.41. The summed E-state index contributed by atoms with van der Waals surface area (Å²) in [5.41, 5.74) is 9.51. The van der Waals surface area contributed by atoms with Crippen LogP contribution in [-0.4, -0.2) is 53.9 Å². The highest BCUT2D eigenvalue weighted by Gasteiger charge is 2.41. The molecule has 2 aromatic heterocycles. The van der Waals surface area contributed by atoms with Crippen molar-refractivity contribution in [2.24, 2.45) is 7.05 Å². The summed E-state index contributed by atoms with van der Waals surface area (Å²) in [5.74, 6) is 4.41. The van der Waals surface area contributed by atoms with Gasteiger partial charge in [-0.2, -0.15) is 10.2 Å². The van der Waals surface area contributed by atoms with Crippen LogP contribution >= 0.6 is 0 Å². The van der Waals surface area contributed by atoms with Crippen molar-refractivity contribution in [2.75, 3.05) is 20.2 Å². The molecular formula is C31H47N5O2Si. The summed E-state index contributed by atoms with van der Waals surface area (Å²) in [6.07, 6.45) is 5.07. The van der Waals surface area contributed by atoms with Crippen LogP contribution in [0.1, 0.15) is 79.7 Å². The average molecular weight is 550 g/mol. The van der Waals surface area contributed by atoms with E-state index in [2.05, 4.69) is 93.2 Å². The first kappa shape index (κ1) is 29.4. The second kappa shape index (κ2) is 12.3. The van der Waals surface area contributed by atoms with Crippen LogP contribution in [0.25, 0.3) is 22.0 Å². The van der Waals surface area contributed by atoms with Gasteiger partial charge in [-0.1, -0.05) is 53.5 Å². The number of aromatic nitrogens is 4. The summed E-state index contributed by atoms with van der Waals surface area (Å²) in [7, 11) is 1.94. The topological polar surface area (TPSA) is 66.1 Å². The monoisotopic (exact) mass is 549 g/mol. The molecule has 7 nitrogen and oxygen atoms in total. The van der Waals surface area contributed by atoms with Crippen LogP contribution in [0.3, 0.4) is 0 Å². The molecule has 39 heavy (non-hydrogen) atoms. The number of likely N-dealkylation sites (N-methyl/N-ethyl adjacent to an activating group) is 1. The minimum Gasteiger partial charge on any atom is -0.473 e. The van der Waals surface area contributed by atoms with Crippen LogP contribution in [0, 0.1) is 11.5 Å². The normalized spacial score (nSPS) is 17.2. The molecule has 1 aromatic carbocycles. The Hall–Kier alpha value is -2.60. The predicted octanol–water partition coefficient (Wildman–Crippen LogP) is 6.69. The van der Waals surface area contributed by atoms with Crippen LogP contribution in [0.2, 0.25) is 16.6 Å². The molecule has 212 valence electrons. The SMILES string of the molecule is CNCC(C)Oc1c(-c2ccc3c(c2)c(C#C[Si](C(C)C)(C(C)C)C(C)C)nn3C2CCCCO2)cnn1C. The number of ether oxygens (including phenoxy) is 2. The number of fused-ring (bicyclic) bond motifs is 1. The maximum Gasteiger partial charge on any atom is 0.219 e. The first-order chi connectivity index (χ1) is 18.6. The van der Waals surface area contributed by atoms with Gasteiger partial charge in [0.15, 0.2) is 6.23 Å². The van der Waals surface area contributed by atoms with Gasteiger partial charge in [0.05, 0.1) is 17.3 Å². The number of aryl methyl sites for hydroxylation is 1. The Morgan fingerprint density at radius 3 is 2.44 bits per heavy atom. The number of rotatable bonds is 9. The molecule has 0 saturated carbocycles. The molecular weight excluding hydrogens is 502 g/mol. The molecule has 0 radical (unpaired) electrons. The number of benzene rings is 1. The van der Waals surface area contributed by atoms with Gasteiger partial charge in [-0.25, -0.2) is 9.36 Å². The highest BCUT2D eigenvalue weighted by atomic mass is 28.3. The molecule has 3 heterocycles. The van der Waals surface area contributed by atoms with E-state index in [9.17, 15) is 0 Å². The van der Waals surface area contributed by atoms with Gasteiger partial charge in [0.1, 0.15) is 19.9 Å². The number of hydrogen-bond donors (Lipinski definition) is 1. The number of nitrogens with one attached hydrogen (secondary N) is 1. The van der Waals surface area contributed by atoms with Crippen molar-refractivity contribution in [3.63, 3.8) is 0 Å². The maximum absolute atomic E-state index is 6.30. The molecule has 1 aliphatic rings. The summed E-state index contributed by atoms with van der Waals surface area (Å²) in [4.78, 5) is 0. The quantitative estimate of drug-likeness (QED) is 0.238. The van der Waals surface area contributed by atoms with Crippen molar-refractivity contribution < 1.29 is 9.47 Å². The molecule has 1 fully saturated rings. The third-order valence-corrected chi connectivity index (χ3v) is 14.7. The molecule has 0 aliphatic carbocycles. The van der Waals surface area contributed by atoms with E-state index < -0.39 is 8.07 Å². The van der Waals surface area contributed by atoms with E-state index in [1.165, 1.54) is 0 Å². The first-order valence-electron chi connectivity index (χ1n) is 14.6. The lowest BCUT2D eigenvalue weighted by atomic mass is 10.1. The minimum absolute atomic E-state index is 0.0155. The van der Waals surface area contributed by atoms with Crippen LogP contribution in [-0.2, 0) is 11.8 Å². The van der Waals surface area contributed by atoms with E-state index in [0.29, 0.717) is 16.6 Å². The molecule has 4 rings (SSSR count). The van der Waals surface area contributed by atoms with Gasteiger partial charge in [0.25, 0.3) is 0 Å². The second-order valence-corrected chi connectivity index (χ2v) is 17.5. The van der Waals surface area contributed by atoms with Gasteiger partial charge in [0.2, 0.25) is 5.88 Å². The Morgan fingerprint density at radius 2 is 1.82 bits per heavy atom. The number of hydrogen-bond acceptors (Lipinski definition) is 5. The fraction of sp³-hybridized carbons (Fsp3) is 0.613. The van der Waals surface area contributed by atoms with Crippen molar-refractivity contribution in [1.29, 1.82) is 0 Å². The summed E-state index contributed by atoms with van der Waals surface area (Å²) in [6, 6.07) is 6.51. The summed E-state index contributed by atoms with van der Waals surface area (Å²) >= 11 is 0. The van der Waals surface area contributed by atoms with Gasteiger partial charge in [0, 0.05) is 25.6 Å². The predicted molar refractivity (Wildman–Crippen MR) is 163 cm³/mol. The van der Waals surface area contributed by atoms with Gasteiger partial charge < -0.3 is 14.8 Å². The van der Waals surface area contributed by atoms with Crippen LogP contribution in [0.4, 0.5) is 0 Å². The van der Waals surface area contributed by atoms with Crippen molar-refractivity contribution in [3.05, 3.63) is 30.1 Å². The molecule has 1 saturated heterocycles. The van der Waals surface area contributed by atoms with Crippen molar-refractivity contribution in [2.45, 2.75) is 96.7 Å². The Balaban J connectivity index is 1.87. The molecule has 0 amide bonds. The fourth-order valence-electron chi connectivity index (χ4n) is 6.42. The molecule has 3 aromatic rings. The van der Waals surface area contributed by atoms with Gasteiger partial charge in [-0.3, -0.25) is 0 Å². The zero-order valence-corrected chi connectivity index (χ0v) is 26.3. The van der Waals surface area contributed by atoms with E-state index >= 15 is 0 Å². The fourth-order valence-corrected chi connectivity index (χ4v) is 11.6. The smallest absolute Gasteiger partial charge is 0.219 e. The molecule has 2 atom stereocenters. The molecule has 1 aliphatic heterocycles. The molecule has 2 unspecified atom stereocenters. The lowest BCUT2D eigenvalue weighted by Crippen LogP contribution is -2.43. The average Bonchev–Trinajstić information content (AvgIpc) is 3.44. The van der Waals surface area contributed by atoms with E-state index in [4.69, 9.17) is 14.6 Å². The molecule has 0 bridgehead atoms. The summed E-state index contributed by atoms with van der Waals surface area (Å²) in [6.45, 7) is 17.7. The lowest BCUT2D eigenvalue weighted by molar-refractivity contribution is -0.0367. The Kier molecular flexibility index (Phi) is 9.25. The van der Waals surface area contributed by atoms with Crippen molar-refractivity contribution in [1.82, 2.24) is 24.9 Å². The standard InChI is InChI=1S/C31H47N5O2Si/c1-21(2)39(22(3)4,23(5)6)17-15-28-26-18-25(27-20-33-35(9)31(27)38-24(7)19-32-8)13-14-29(26)36(34-28)30-12-10-11-16-37-30/h13-14,18,20-24,30,32H,10-12,16,19H2,1-9H3. The molecule has 8 heteroatoms. The minimum atomic E-state index is -1.92. The highest BCUT2D eigenvalue weighted by molar-refractivity contribution is 6.90. The largest absolute Gasteiger partial charge is 0.473 e. The van der Waals surface area contributed by atoms with E-state index in [1.807, 2.05) is 20.3 Å². The van der Waals surface area contributed by atoms with Gasteiger partial charge >= 0.3 is 0 Å². The second-order valence-electron chi connectivity index (χ2n) is 12.0. The lowest BCUT2D eigenvalue weighted by Gasteiger charge is -2.38. The Labute approximate surface area is 235 Å². The van der Waals surface area contributed by atoms with E-state index in [-0.39, 0.29) is 12.3 Å². The Morgan fingerprint density at radius 1 is 1.10 bits per heavy atom. The third kappa shape index (κ3) is 5.82. The van der Waals surface area contributed by atoms with Crippen molar-refractivity contribution in [3.8, 4) is 28.5 Å². The zero-order valence-electron chi connectivity index (χ0n) is 25.3. The van der Waals surface area contributed by atoms with Crippen LogP contribution in [0.5, 0.6) is 5.88 Å². The zero-order chi connectivity index (χ0) is 28.3. The summed E-state index contributed by atoms with van der Waals surface area (Å²) < 4.78 is 16.3. The van der Waals surface area contributed by atoms with Crippen LogP contribution in [0.15, 0.2) is 24.4 Å². The van der Waals surface area contributed by atoms with Crippen LogP contribution < -0.4 is 10.1 Å². The molecule has 0 spiro atoms.